The van der Waals surface area contributed by atoms with E-state index < -0.39 is 143 Å². The fraction of sp³-hybridized carbons (Fsp3) is 0.605. The molecule has 0 aliphatic carbocycles. The number of ether oxygens (including phenoxy) is 5. The molecule has 0 bridgehead atoms. The summed E-state index contributed by atoms with van der Waals surface area (Å²) in [4.78, 5) is 81.3. The number of aliphatic hydroxyl groups is 3. The summed E-state index contributed by atoms with van der Waals surface area (Å²) in [5, 5.41) is 30.5. The lowest BCUT2D eigenvalue weighted by molar-refractivity contribution is -0.165. The second-order valence-electron chi connectivity index (χ2n) is 18.1. The van der Waals surface area contributed by atoms with Gasteiger partial charge in [0.05, 0.1) is 58.6 Å². The number of nitrogens with zero attached hydrogens (tertiary/aromatic N) is 12. The topological polar surface area (TPSA) is 530 Å². The molecule has 43 heteroatoms. The van der Waals surface area contributed by atoms with Crippen LogP contribution in [0.15, 0.2) is 38.0 Å². The Hall–Kier alpha value is -4.44. The highest BCUT2D eigenvalue weighted by atomic mass is 32.7. The van der Waals surface area contributed by atoms with Crippen molar-refractivity contribution in [3.05, 3.63) is 38.0 Å². The molecule has 13 N–H and O–H groups in total. The van der Waals surface area contributed by atoms with Gasteiger partial charge in [0.1, 0.15) is 90.0 Å². The Bertz CT molecular complexity index is 3430. The van der Waals surface area contributed by atoms with Gasteiger partial charge in [-0.15, -0.1) is 0 Å². The van der Waals surface area contributed by atoms with Crippen LogP contribution in [0.1, 0.15) is 31.5 Å². The molecule has 0 aromatic carbocycles. The predicted molar refractivity (Wildman–Crippen MR) is 270 cm³/mol. The van der Waals surface area contributed by atoms with Crippen molar-refractivity contribution in [1.82, 2.24) is 58.6 Å². The molecule has 0 saturated carbocycles. The summed E-state index contributed by atoms with van der Waals surface area (Å²) >= 11 is 0.433. The number of anilines is 3. The average molecular weight is 1240 g/mol. The van der Waals surface area contributed by atoms with Gasteiger partial charge in [-0.3, -0.25) is 45.4 Å². The molecule has 4 aliphatic rings. The number of hydrogen-bond acceptors (Lipinski definition) is 32. The van der Waals surface area contributed by atoms with E-state index in [9.17, 15) is 48.0 Å². The zero-order valence-corrected chi connectivity index (χ0v) is 46.2. The van der Waals surface area contributed by atoms with Crippen molar-refractivity contribution in [2.75, 3.05) is 76.3 Å². The van der Waals surface area contributed by atoms with Gasteiger partial charge in [0.25, 0.3) is 0 Å². The summed E-state index contributed by atoms with van der Waals surface area (Å²) in [5.74, 6) is -0.335. The van der Waals surface area contributed by atoms with Crippen molar-refractivity contribution in [2.24, 2.45) is 0 Å². The third-order valence-corrected chi connectivity index (χ3v) is 19.0. The van der Waals surface area contributed by atoms with E-state index in [1.54, 1.807) is 0 Å². The number of methoxy groups -OCH3 is 1. The number of fused-ring (bicyclic) bond motifs is 4. The van der Waals surface area contributed by atoms with Gasteiger partial charge in [-0.2, -0.15) is 0 Å². The fourth-order valence-corrected chi connectivity index (χ4v) is 14.6. The molecule has 38 nitrogen and oxygen atoms in total. The van der Waals surface area contributed by atoms with Gasteiger partial charge in [-0.1, -0.05) is 0 Å². The zero-order chi connectivity index (χ0) is 57.6. The number of aromatic nitrogens is 12. The van der Waals surface area contributed by atoms with Crippen molar-refractivity contribution in [3.8, 4) is 0 Å². The number of nitrogen functional groups attached to an aromatic ring is 3. The average Bonchev–Trinajstić information content (AvgIpc) is 3.04. The molecular formula is C38H53N15O23P4S. The van der Waals surface area contributed by atoms with Crippen LogP contribution in [0, 0.1) is 0 Å². The Kier molecular flexibility index (Phi) is 17.6. The normalized spacial score (nSPS) is 30.8. The lowest BCUT2D eigenvalue weighted by Crippen LogP contribution is -2.51. The van der Waals surface area contributed by atoms with Gasteiger partial charge in [0, 0.05) is 19.5 Å². The van der Waals surface area contributed by atoms with Crippen LogP contribution in [0.25, 0.3) is 33.5 Å². The van der Waals surface area contributed by atoms with E-state index in [0.29, 0.717) is 11.4 Å². The van der Waals surface area contributed by atoms with Gasteiger partial charge in [0.2, 0.25) is 0 Å². The van der Waals surface area contributed by atoms with Crippen LogP contribution in [-0.4, -0.2) is 207 Å². The largest absolute Gasteiger partial charge is 0.472 e. The Morgan fingerprint density at radius 2 is 1.16 bits per heavy atom. The molecule has 4 saturated heterocycles. The van der Waals surface area contributed by atoms with Crippen LogP contribution in [0.4, 0.5) is 17.5 Å². The molecule has 0 amide bonds. The number of imidazole rings is 3. The number of hydrogen-bond donors (Lipinski definition) is 10. The van der Waals surface area contributed by atoms with Crippen molar-refractivity contribution in [3.63, 3.8) is 0 Å². The Labute approximate surface area is 458 Å². The Morgan fingerprint density at radius 3 is 1.73 bits per heavy atom. The second kappa shape index (κ2) is 23.9. The van der Waals surface area contributed by atoms with Crippen LogP contribution < -0.4 is 17.2 Å². The summed E-state index contributed by atoms with van der Waals surface area (Å²) in [6.07, 6.45) is -10.2. The van der Waals surface area contributed by atoms with Crippen molar-refractivity contribution >= 4 is 92.6 Å². The van der Waals surface area contributed by atoms with Gasteiger partial charge < -0.3 is 75.8 Å². The highest BCUT2D eigenvalue weighted by molar-refractivity contribution is 8.54. The lowest BCUT2D eigenvalue weighted by atomic mass is 9.89. The van der Waals surface area contributed by atoms with Gasteiger partial charge in [-0.05, 0) is 24.2 Å². The fourth-order valence-electron chi connectivity index (χ4n) is 9.62. The number of rotatable bonds is 25. The Morgan fingerprint density at radius 1 is 0.642 bits per heavy atom. The van der Waals surface area contributed by atoms with E-state index >= 15 is 0 Å². The van der Waals surface area contributed by atoms with E-state index in [2.05, 4.69) is 44.9 Å². The van der Waals surface area contributed by atoms with Gasteiger partial charge in [-0.25, -0.2) is 63.1 Å². The standard InChI is InChI=1S/C38H53N15O23P4S/c1-65-24-19(10-68-77(57,58)67-7-4-54)72-36(52-16-49-21-30(40)43-13-46-33(21)52)26(24)75-78(59,60)69-9-18-23(56)25(35(71-18)51-15-48-20-29(39)42-12-45-32(20)51)74-79(61,62)70-11-38-3-2-6-66-28(38)27(76-80(63,64)81-8-5-55)37(73-38)53-17-50-22-31(41)44-14-47-34(22)53/h12-19,23-28,35-37,54-56H,2-11H2,1H3,(H,57,58)(H,59,60)(H,61,62)(H,63,64)(H2,39,42,45)(H2,40,43,46)(H2,41,44,47)/t18-,19-,23+,24+,25?,26?,27?,28-,35-,36-,37-,38-/m1/s1. The molecule has 10 rings (SSSR count). The van der Waals surface area contributed by atoms with Crippen molar-refractivity contribution in [2.45, 2.75) is 86.0 Å². The van der Waals surface area contributed by atoms with Crippen LogP contribution in [-0.2, 0) is 73.6 Å². The molecule has 10 heterocycles. The van der Waals surface area contributed by atoms with E-state index in [1.165, 1.54) is 21.8 Å². The van der Waals surface area contributed by atoms with Crippen LogP contribution >= 0.6 is 41.6 Å². The Balaban J connectivity index is 0.898. The summed E-state index contributed by atoms with van der Waals surface area (Å²) < 4.78 is 127. The van der Waals surface area contributed by atoms with E-state index in [4.69, 9.17) is 77.7 Å². The summed E-state index contributed by atoms with van der Waals surface area (Å²) in [7, 11) is -14.5. The molecule has 4 fully saturated rings. The minimum absolute atomic E-state index is 0.00618. The number of phosphoric ester groups is 3. The minimum atomic E-state index is -5.48. The highest BCUT2D eigenvalue weighted by Crippen LogP contribution is 2.61. The van der Waals surface area contributed by atoms with Gasteiger partial charge >= 0.3 is 30.3 Å². The SMILES string of the molecule is CO[C@@H]1C(OP(=O)(O)OC[C@H]2O[C@@H](n3cnc4c(N)ncnc43)C(OP(=O)(O)OC[C@]34CCCO[C@@H]3C(OP(=O)(O)SCCO)[C@H](n3cnc5c(N)ncnc53)O4)[C@H]2O)[C@H](n2cnc3c(N)ncnc32)O[C@@H]1COP(=O)(O)OCCO. The third-order valence-electron chi connectivity index (χ3n) is 13.1. The third kappa shape index (κ3) is 12.4. The maximum Gasteiger partial charge on any atom is 0.472 e. The zero-order valence-electron chi connectivity index (χ0n) is 41.8. The number of aliphatic hydroxyl groups excluding tert-OH is 3. The molecule has 0 radical (unpaired) electrons. The van der Waals surface area contributed by atoms with Crippen molar-refractivity contribution < 1.29 is 109 Å². The summed E-state index contributed by atoms with van der Waals surface area (Å²) in [6.45, 7) is -8.77. The van der Waals surface area contributed by atoms with Crippen LogP contribution in [0.2, 0.25) is 0 Å². The first-order chi connectivity index (χ1) is 38.6. The molecule has 6 aromatic heterocycles. The second-order valence-corrected chi connectivity index (χ2v) is 26.3. The smallest absolute Gasteiger partial charge is 0.396 e. The minimum Gasteiger partial charge on any atom is -0.396 e. The molecule has 16 atom stereocenters. The lowest BCUT2D eigenvalue weighted by Gasteiger charge is -2.38. The summed E-state index contributed by atoms with van der Waals surface area (Å²) in [5.41, 5.74) is 16.8. The maximum atomic E-state index is 14.4. The molecule has 81 heavy (non-hydrogen) atoms. The number of nitrogens with two attached hydrogens (primary N) is 3. The van der Waals surface area contributed by atoms with E-state index in [0.717, 1.165) is 37.0 Å². The molecule has 444 valence electrons. The van der Waals surface area contributed by atoms with Crippen molar-refractivity contribution in [1.29, 1.82) is 0 Å². The molecule has 0 spiro atoms. The first kappa shape index (κ1) is 59.7. The summed E-state index contributed by atoms with van der Waals surface area (Å²) in [6, 6.07) is 0. The van der Waals surface area contributed by atoms with E-state index in [-0.39, 0.29) is 76.1 Å². The predicted octanol–water partition coefficient (Wildman–Crippen LogP) is -0.789. The molecule has 6 aromatic rings. The molecule has 7 unspecified atom stereocenters. The van der Waals surface area contributed by atoms with E-state index in [1.807, 2.05) is 0 Å². The monoisotopic (exact) mass is 1240 g/mol. The molecule has 4 aliphatic heterocycles. The van der Waals surface area contributed by atoms with Crippen LogP contribution in [0.5, 0.6) is 0 Å². The number of phosphoric acid groups is 3. The van der Waals surface area contributed by atoms with Crippen LogP contribution in [0.3, 0.4) is 0 Å². The first-order valence-corrected chi connectivity index (χ1v) is 31.6. The highest BCUT2D eigenvalue weighted by Gasteiger charge is 2.62. The molecular weight excluding hydrogens is 1190 g/mol. The quantitative estimate of drug-likeness (QED) is 0.0314. The van der Waals surface area contributed by atoms with Gasteiger partial charge in [0.15, 0.2) is 53.1 Å². The maximum absolute atomic E-state index is 14.4. The first-order valence-electron chi connectivity index (χ1n) is 24.0.